The molecule has 0 spiro atoms. The highest BCUT2D eigenvalue weighted by atomic mass is 32.1. The van der Waals surface area contributed by atoms with Crippen LogP contribution in [0.25, 0.3) is 0 Å². The van der Waals surface area contributed by atoms with E-state index in [9.17, 15) is 4.39 Å². The van der Waals surface area contributed by atoms with Gasteiger partial charge in [-0.3, -0.25) is 0 Å². The summed E-state index contributed by atoms with van der Waals surface area (Å²) in [5, 5.41) is 1.18. The molecule has 0 unspecified atom stereocenters. The lowest BCUT2D eigenvalue weighted by atomic mass is 10.1. The molecule has 0 bridgehead atoms. The lowest BCUT2D eigenvalue weighted by Crippen LogP contribution is -1.92. The quantitative estimate of drug-likeness (QED) is 0.790. The first-order chi connectivity index (χ1) is 8.06. The van der Waals surface area contributed by atoms with Crippen molar-refractivity contribution in [2.45, 2.75) is 33.1 Å². The highest BCUT2D eigenvalue weighted by Gasteiger charge is 2.10. The summed E-state index contributed by atoms with van der Waals surface area (Å²) in [7, 11) is 0. The van der Waals surface area contributed by atoms with Gasteiger partial charge in [-0.05, 0) is 24.6 Å². The molecule has 0 atom stereocenters. The van der Waals surface area contributed by atoms with Crippen LogP contribution in [0.4, 0.5) is 4.39 Å². The number of thiazole rings is 1. The van der Waals surface area contributed by atoms with Crippen LogP contribution in [0.5, 0.6) is 0 Å². The molecule has 1 nitrogen and oxygen atoms in total. The maximum absolute atomic E-state index is 12.8. The molecule has 1 heterocycles. The molecule has 0 saturated carbocycles. The molecular weight excluding hydrogens is 233 g/mol. The molecule has 0 N–H and O–H groups in total. The summed E-state index contributed by atoms with van der Waals surface area (Å²) in [5.41, 5.74) is 2.22. The number of rotatable bonds is 3. The standard InChI is InChI=1S/C14H16FNS/c1-9(2)14-16-13(10(3)17-14)8-11-4-6-12(15)7-5-11/h4-7,9H,8H2,1-3H3. The number of aryl methyl sites for hydroxylation is 1. The highest BCUT2D eigenvalue weighted by molar-refractivity contribution is 7.11. The normalized spacial score (nSPS) is 11.1. The SMILES string of the molecule is Cc1sc(C(C)C)nc1Cc1ccc(F)cc1. The predicted molar refractivity (Wildman–Crippen MR) is 70.1 cm³/mol. The van der Waals surface area contributed by atoms with Gasteiger partial charge >= 0.3 is 0 Å². The zero-order valence-electron chi connectivity index (χ0n) is 10.3. The Balaban J connectivity index is 2.21. The Morgan fingerprint density at radius 3 is 2.41 bits per heavy atom. The second-order valence-electron chi connectivity index (χ2n) is 4.51. The van der Waals surface area contributed by atoms with E-state index in [1.807, 2.05) is 12.1 Å². The Bertz CT molecular complexity index is 499. The van der Waals surface area contributed by atoms with Crippen molar-refractivity contribution in [3.05, 3.63) is 51.2 Å². The zero-order chi connectivity index (χ0) is 12.4. The number of aromatic nitrogens is 1. The van der Waals surface area contributed by atoms with E-state index in [-0.39, 0.29) is 5.82 Å². The van der Waals surface area contributed by atoms with Crippen molar-refractivity contribution in [3.63, 3.8) is 0 Å². The van der Waals surface area contributed by atoms with Crippen molar-refractivity contribution in [1.82, 2.24) is 4.98 Å². The Morgan fingerprint density at radius 2 is 1.88 bits per heavy atom. The smallest absolute Gasteiger partial charge is 0.123 e. The Labute approximate surface area is 105 Å². The molecule has 0 aliphatic carbocycles. The van der Waals surface area contributed by atoms with Crippen molar-refractivity contribution in [1.29, 1.82) is 0 Å². The molecule has 0 saturated heterocycles. The van der Waals surface area contributed by atoms with Crippen molar-refractivity contribution < 1.29 is 4.39 Å². The highest BCUT2D eigenvalue weighted by Crippen LogP contribution is 2.25. The van der Waals surface area contributed by atoms with Crippen molar-refractivity contribution in [2.24, 2.45) is 0 Å². The average Bonchev–Trinajstić information content (AvgIpc) is 2.64. The van der Waals surface area contributed by atoms with Crippen LogP contribution in [0, 0.1) is 12.7 Å². The third-order valence-electron chi connectivity index (χ3n) is 2.69. The molecule has 3 heteroatoms. The van der Waals surface area contributed by atoms with Gasteiger partial charge in [0.05, 0.1) is 10.7 Å². The molecule has 0 fully saturated rings. The number of nitrogens with zero attached hydrogens (tertiary/aromatic N) is 1. The van der Waals surface area contributed by atoms with Crippen LogP contribution in [0.15, 0.2) is 24.3 Å². The van der Waals surface area contributed by atoms with E-state index in [0.29, 0.717) is 5.92 Å². The fourth-order valence-corrected chi connectivity index (χ4v) is 2.60. The van der Waals surface area contributed by atoms with Gasteiger partial charge in [0.1, 0.15) is 5.82 Å². The summed E-state index contributed by atoms with van der Waals surface area (Å²) in [5.74, 6) is 0.285. The topological polar surface area (TPSA) is 12.9 Å². The average molecular weight is 249 g/mol. The lowest BCUT2D eigenvalue weighted by molar-refractivity contribution is 0.627. The summed E-state index contributed by atoms with van der Waals surface area (Å²) in [6.45, 7) is 6.41. The fraction of sp³-hybridized carbons (Fsp3) is 0.357. The molecule has 0 aliphatic rings. The van der Waals surface area contributed by atoms with E-state index < -0.39 is 0 Å². The fourth-order valence-electron chi connectivity index (χ4n) is 1.66. The zero-order valence-corrected chi connectivity index (χ0v) is 11.1. The van der Waals surface area contributed by atoms with E-state index in [0.717, 1.165) is 17.7 Å². The minimum atomic E-state index is -0.188. The largest absolute Gasteiger partial charge is 0.245 e. The number of halogens is 1. The van der Waals surface area contributed by atoms with Crippen LogP contribution in [0.3, 0.4) is 0 Å². The Hall–Kier alpha value is -1.22. The summed E-state index contributed by atoms with van der Waals surface area (Å²) in [6, 6.07) is 6.65. The van der Waals surface area contributed by atoms with Gasteiger partial charge in [0.15, 0.2) is 0 Å². The first-order valence-corrected chi connectivity index (χ1v) is 6.58. The van der Waals surface area contributed by atoms with Gasteiger partial charge in [0, 0.05) is 17.2 Å². The van der Waals surface area contributed by atoms with Crippen LogP contribution in [0.1, 0.15) is 40.9 Å². The summed E-state index contributed by atoms with van der Waals surface area (Å²) in [4.78, 5) is 5.91. The van der Waals surface area contributed by atoms with Gasteiger partial charge in [-0.25, -0.2) is 9.37 Å². The Kier molecular flexibility index (Phi) is 3.57. The number of hydrogen-bond donors (Lipinski definition) is 0. The van der Waals surface area contributed by atoms with Gasteiger partial charge in [0.2, 0.25) is 0 Å². The summed E-state index contributed by atoms with van der Waals surface area (Å²) in [6.07, 6.45) is 0.787. The van der Waals surface area contributed by atoms with Gasteiger partial charge in [0.25, 0.3) is 0 Å². The molecule has 2 aromatic rings. The molecule has 0 aliphatic heterocycles. The molecule has 2 rings (SSSR count). The summed E-state index contributed by atoms with van der Waals surface area (Å²) >= 11 is 1.76. The maximum Gasteiger partial charge on any atom is 0.123 e. The van der Waals surface area contributed by atoms with Crippen molar-refractivity contribution >= 4 is 11.3 Å². The minimum absolute atomic E-state index is 0.188. The van der Waals surface area contributed by atoms with E-state index >= 15 is 0 Å². The van der Waals surface area contributed by atoms with E-state index in [2.05, 4.69) is 25.8 Å². The van der Waals surface area contributed by atoms with Gasteiger partial charge < -0.3 is 0 Å². The van der Waals surface area contributed by atoms with Crippen LogP contribution in [-0.4, -0.2) is 4.98 Å². The van der Waals surface area contributed by atoms with E-state index in [1.54, 1.807) is 11.3 Å². The van der Waals surface area contributed by atoms with Crippen LogP contribution >= 0.6 is 11.3 Å². The van der Waals surface area contributed by atoms with Crippen molar-refractivity contribution in [2.75, 3.05) is 0 Å². The molecule has 1 aromatic carbocycles. The monoisotopic (exact) mass is 249 g/mol. The van der Waals surface area contributed by atoms with Gasteiger partial charge in [-0.1, -0.05) is 26.0 Å². The number of benzene rings is 1. The van der Waals surface area contributed by atoms with E-state index in [1.165, 1.54) is 22.0 Å². The third-order valence-corrected chi connectivity index (χ3v) is 4.00. The van der Waals surface area contributed by atoms with Crippen molar-refractivity contribution in [3.8, 4) is 0 Å². The summed E-state index contributed by atoms with van der Waals surface area (Å²) < 4.78 is 12.8. The molecular formula is C14H16FNS. The lowest BCUT2D eigenvalue weighted by Gasteiger charge is -2.00. The first kappa shape index (κ1) is 12.2. The second-order valence-corrected chi connectivity index (χ2v) is 5.75. The van der Waals surface area contributed by atoms with Gasteiger partial charge in [-0.2, -0.15) is 0 Å². The van der Waals surface area contributed by atoms with Crippen LogP contribution in [-0.2, 0) is 6.42 Å². The van der Waals surface area contributed by atoms with Gasteiger partial charge in [-0.15, -0.1) is 11.3 Å². The molecule has 1 aromatic heterocycles. The molecule has 0 amide bonds. The molecule has 0 radical (unpaired) electrons. The minimum Gasteiger partial charge on any atom is -0.245 e. The molecule has 17 heavy (non-hydrogen) atoms. The van der Waals surface area contributed by atoms with Crippen LogP contribution in [0.2, 0.25) is 0 Å². The second kappa shape index (κ2) is 4.96. The molecule has 90 valence electrons. The number of hydrogen-bond acceptors (Lipinski definition) is 2. The first-order valence-electron chi connectivity index (χ1n) is 5.77. The maximum atomic E-state index is 12.8. The Morgan fingerprint density at radius 1 is 1.24 bits per heavy atom. The van der Waals surface area contributed by atoms with E-state index in [4.69, 9.17) is 0 Å². The predicted octanol–water partition coefficient (Wildman–Crippen LogP) is 4.30. The van der Waals surface area contributed by atoms with Crippen LogP contribution < -0.4 is 0 Å². The third kappa shape index (κ3) is 2.91.